The number of amides is 2. The molecule has 0 saturated carbocycles. The number of hydrogen-bond acceptors (Lipinski definition) is 4. The predicted octanol–water partition coefficient (Wildman–Crippen LogP) is 5.18. The first-order valence-electron chi connectivity index (χ1n) is 13.7. The molecule has 0 radical (unpaired) electrons. The highest BCUT2D eigenvalue weighted by molar-refractivity contribution is 7.92. The lowest BCUT2D eigenvalue weighted by Crippen LogP contribution is -2.54. The molecule has 0 aliphatic carbocycles. The molecule has 40 heavy (non-hydrogen) atoms. The summed E-state index contributed by atoms with van der Waals surface area (Å²) in [6, 6.07) is 21.0. The lowest BCUT2D eigenvalue weighted by Gasteiger charge is -2.34. The summed E-state index contributed by atoms with van der Waals surface area (Å²) in [5.74, 6) is -0.685. The Balaban J connectivity index is 2.04. The van der Waals surface area contributed by atoms with E-state index in [0.29, 0.717) is 18.5 Å². The molecule has 0 spiro atoms. The van der Waals surface area contributed by atoms with Gasteiger partial charge in [0.1, 0.15) is 12.6 Å². The maximum atomic E-state index is 14.1. The maximum absolute atomic E-state index is 14.1. The molecule has 3 aromatic rings. The molecule has 2 amide bonds. The molecule has 1 N–H and O–H groups in total. The summed E-state index contributed by atoms with van der Waals surface area (Å²) in [6.45, 7) is 11.1. The molecule has 7 nitrogen and oxygen atoms in total. The number of anilines is 1. The van der Waals surface area contributed by atoms with Gasteiger partial charge in [-0.15, -0.1) is 0 Å². The third-order valence-electron chi connectivity index (χ3n) is 6.81. The molecule has 1 atom stereocenters. The Morgan fingerprint density at radius 2 is 1.50 bits per heavy atom. The number of aryl methyl sites for hydroxylation is 3. The van der Waals surface area contributed by atoms with Crippen molar-refractivity contribution in [2.45, 2.75) is 71.4 Å². The maximum Gasteiger partial charge on any atom is 0.264 e. The molecule has 0 bridgehead atoms. The smallest absolute Gasteiger partial charge is 0.264 e. The van der Waals surface area contributed by atoms with Crippen LogP contribution in [0.5, 0.6) is 0 Å². The van der Waals surface area contributed by atoms with Gasteiger partial charge in [0, 0.05) is 12.6 Å². The third-order valence-corrected chi connectivity index (χ3v) is 8.58. The summed E-state index contributed by atoms with van der Waals surface area (Å²) < 4.78 is 29.2. The van der Waals surface area contributed by atoms with Gasteiger partial charge >= 0.3 is 0 Å². The number of carbonyl (C=O) groups excluding carboxylic acids is 2. The van der Waals surface area contributed by atoms with Gasteiger partial charge in [-0.2, -0.15) is 0 Å². The van der Waals surface area contributed by atoms with Crippen molar-refractivity contribution in [1.29, 1.82) is 0 Å². The van der Waals surface area contributed by atoms with Crippen LogP contribution in [-0.4, -0.2) is 50.3 Å². The van der Waals surface area contributed by atoms with Crippen LogP contribution in [0.4, 0.5) is 5.69 Å². The zero-order chi connectivity index (χ0) is 29.4. The van der Waals surface area contributed by atoms with Gasteiger partial charge in [0.25, 0.3) is 10.0 Å². The summed E-state index contributed by atoms with van der Waals surface area (Å²) in [5.41, 5.74) is 4.12. The molecule has 0 heterocycles. The summed E-state index contributed by atoms with van der Waals surface area (Å²) in [7, 11) is -4.09. The Kier molecular flexibility index (Phi) is 10.5. The number of rotatable bonds is 12. The number of benzene rings is 3. The van der Waals surface area contributed by atoms with E-state index >= 15 is 0 Å². The molecule has 0 aromatic heterocycles. The number of nitrogens with zero attached hydrogens (tertiary/aromatic N) is 2. The minimum atomic E-state index is -4.09. The van der Waals surface area contributed by atoms with E-state index in [4.69, 9.17) is 0 Å². The Labute approximate surface area is 239 Å². The molecule has 3 rings (SSSR count). The Hall–Kier alpha value is -3.65. The van der Waals surface area contributed by atoms with Crippen LogP contribution in [-0.2, 0) is 26.0 Å². The average molecular weight is 564 g/mol. The second-order valence-corrected chi connectivity index (χ2v) is 12.4. The molecule has 3 aromatic carbocycles. The lowest BCUT2D eigenvalue weighted by atomic mass is 10.1. The van der Waals surface area contributed by atoms with E-state index in [0.717, 1.165) is 22.3 Å². The summed E-state index contributed by atoms with van der Waals surface area (Å²) in [5, 5.41) is 2.92. The quantitative estimate of drug-likeness (QED) is 0.329. The van der Waals surface area contributed by atoms with E-state index in [1.54, 1.807) is 30.3 Å². The molecule has 8 heteroatoms. The largest absolute Gasteiger partial charge is 0.352 e. The van der Waals surface area contributed by atoms with E-state index in [9.17, 15) is 18.0 Å². The van der Waals surface area contributed by atoms with Gasteiger partial charge in [-0.25, -0.2) is 8.42 Å². The zero-order valence-electron chi connectivity index (χ0n) is 24.3. The van der Waals surface area contributed by atoms with E-state index in [1.807, 2.05) is 84.0 Å². The van der Waals surface area contributed by atoms with Gasteiger partial charge in [-0.05, 0) is 76.8 Å². The number of sulfonamides is 1. The van der Waals surface area contributed by atoms with Crippen LogP contribution < -0.4 is 9.62 Å². The van der Waals surface area contributed by atoms with Gasteiger partial charge in [0.15, 0.2) is 0 Å². The highest BCUT2D eigenvalue weighted by atomic mass is 32.2. The minimum absolute atomic E-state index is 0.0961. The fraction of sp³-hybridized carbons (Fsp3) is 0.375. The van der Waals surface area contributed by atoms with Crippen molar-refractivity contribution in [3.8, 4) is 0 Å². The van der Waals surface area contributed by atoms with Crippen molar-refractivity contribution >= 4 is 27.5 Å². The van der Waals surface area contributed by atoms with Crippen LogP contribution >= 0.6 is 0 Å². The molecular formula is C32H41N3O4S. The molecule has 0 aliphatic rings. The van der Waals surface area contributed by atoms with Crippen molar-refractivity contribution in [2.24, 2.45) is 0 Å². The highest BCUT2D eigenvalue weighted by Crippen LogP contribution is 2.28. The lowest BCUT2D eigenvalue weighted by molar-refractivity contribution is -0.139. The van der Waals surface area contributed by atoms with Crippen molar-refractivity contribution in [3.63, 3.8) is 0 Å². The summed E-state index contributed by atoms with van der Waals surface area (Å²) in [6.07, 6.45) is 0.930. The van der Waals surface area contributed by atoms with E-state index < -0.39 is 28.5 Å². The Morgan fingerprint density at radius 3 is 2.08 bits per heavy atom. The van der Waals surface area contributed by atoms with Crippen LogP contribution in [0.2, 0.25) is 0 Å². The van der Waals surface area contributed by atoms with Crippen molar-refractivity contribution < 1.29 is 18.0 Å². The number of carbonyl (C=O) groups is 2. The first kappa shape index (κ1) is 30.9. The van der Waals surface area contributed by atoms with Gasteiger partial charge < -0.3 is 10.2 Å². The predicted molar refractivity (Wildman–Crippen MR) is 161 cm³/mol. The topological polar surface area (TPSA) is 86.8 Å². The minimum Gasteiger partial charge on any atom is -0.352 e. The fourth-order valence-corrected chi connectivity index (χ4v) is 6.19. The Bertz CT molecular complexity index is 1400. The van der Waals surface area contributed by atoms with Crippen molar-refractivity contribution in [2.75, 3.05) is 17.4 Å². The second kappa shape index (κ2) is 13.6. The van der Waals surface area contributed by atoms with Gasteiger partial charge in [-0.1, -0.05) is 72.6 Å². The van der Waals surface area contributed by atoms with E-state index in [2.05, 4.69) is 5.32 Å². The molecule has 214 valence electrons. The van der Waals surface area contributed by atoms with Crippen LogP contribution in [0.15, 0.2) is 77.7 Å². The molecular weight excluding hydrogens is 522 g/mol. The average Bonchev–Trinajstić information content (AvgIpc) is 2.90. The van der Waals surface area contributed by atoms with E-state index in [-0.39, 0.29) is 23.4 Å². The SMILES string of the molecule is CC[C@@H](C(=O)NC(C)C)N(CCc1ccccc1)C(=O)CN(c1ccc(C)cc1C)S(=O)(=O)c1ccc(C)cc1. The molecule has 0 fully saturated rings. The first-order valence-corrected chi connectivity index (χ1v) is 15.2. The zero-order valence-corrected chi connectivity index (χ0v) is 25.2. The second-order valence-electron chi connectivity index (χ2n) is 10.5. The summed E-state index contributed by atoms with van der Waals surface area (Å²) >= 11 is 0. The van der Waals surface area contributed by atoms with Crippen LogP contribution in [0.25, 0.3) is 0 Å². The third kappa shape index (κ3) is 7.72. The van der Waals surface area contributed by atoms with Crippen LogP contribution in [0.3, 0.4) is 0 Å². The number of hydrogen-bond donors (Lipinski definition) is 1. The summed E-state index contributed by atoms with van der Waals surface area (Å²) in [4.78, 5) is 28.9. The van der Waals surface area contributed by atoms with Crippen molar-refractivity contribution in [1.82, 2.24) is 10.2 Å². The van der Waals surface area contributed by atoms with E-state index in [1.165, 1.54) is 9.21 Å². The number of nitrogens with one attached hydrogen (secondary N) is 1. The van der Waals surface area contributed by atoms with Gasteiger partial charge in [0.05, 0.1) is 10.6 Å². The standard InChI is InChI=1S/C32H41N3O4S/c1-7-29(32(37)33-23(2)3)34(20-19-27-11-9-8-10-12-27)31(36)22-35(30-18-15-25(5)21-26(30)6)40(38,39)28-16-13-24(4)14-17-28/h8-18,21,23,29H,7,19-20,22H2,1-6H3,(H,33,37)/t29-/m0/s1. The highest BCUT2D eigenvalue weighted by Gasteiger charge is 2.34. The fourth-order valence-electron chi connectivity index (χ4n) is 4.71. The molecule has 0 aliphatic heterocycles. The van der Waals surface area contributed by atoms with Crippen LogP contribution in [0.1, 0.15) is 49.4 Å². The van der Waals surface area contributed by atoms with Gasteiger partial charge in [-0.3, -0.25) is 13.9 Å². The normalized spacial score (nSPS) is 12.2. The Morgan fingerprint density at radius 1 is 0.875 bits per heavy atom. The monoisotopic (exact) mass is 563 g/mol. The van der Waals surface area contributed by atoms with Crippen LogP contribution in [0, 0.1) is 20.8 Å². The molecule has 0 saturated heterocycles. The van der Waals surface area contributed by atoms with Gasteiger partial charge in [0.2, 0.25) is 11.8 Å². The first-order chi connectivity index (χ1) is 18.9. The molecule has 0 unspecified atom stereocenters. The van der Waals surface area contributed by atoms with Crippen molar-refractivity contribution in [3.05, 3.63) is 95.1 Å².